The molecule has 0 bridgehead atoms. The Hall–Kier alpha value is -0.500. The number of halogens is 2. The van der Waals surface area contributed by atoms with Gasteiger partial charge in [0.15, 0.2) is 0 Å². The van der Waals surface area contributed by atoms with E-state index in [4.69, 9.17) is 10.5 Å². The Labute approximate surface area is 122 Å². The molecule has 0 unspecified atom stereocenters. The number of pyridine rings is 1. The van der Waals surface area contributed by atoms with E-state index in [1.807, 2.05) is 0 Å². The van der Waals surface area contributed by atoms with E-state index in [9.17, 15) is 4.79 Å². The van der Waals surface area contributed by atoms with Crippen LogP contribution in [0.15, 0.2) is 21.3 Å². The predicted octanol–water partition coefficient (Wildman–Crippen LogP) is 1.29. The first-order valence-electron chi connectivity index (χ1n) is 5.49. The average Bonchev–Trinajstić information content (AvgIpc) is 2.34. The monoisotopic (exact) mass is 377 g/mol. The second-order valence-corrected chi connectivity index (χ2v) is 5.79. The Morgan fingerprint density at radius 3 is 2.78 bits per heavy atom. The smallest absolute Gasteiger partial charge is 0.247 e. The summed E-state index contributed by atoms with van der Waals surface area (Å²) in [6.07, 6.45) is 3.00. The van der Waals surface area contributed by atoms with E-state index in [0.717, 1.165) is 27.6 Å². The zero-order chi connectivity index (χ0) is 13.1. The number of aromatic nitrogens is 1. The lowest BCUT2D eigenvalue weighted by molar-refractivity contribution is -0.135. The number of amides is 1. The molecule has 7 heteroatoms. The van der Waals surface area contributed by atoms with Gasteiger partial charge in [0.2, 0.25) is 5.91 Å². The molecule has 0 spiro atoms. The Balaban J connectivity index is 2.07. The number of ether oxygens (including phenoxy) is 1. The molecule has 1 aromatic rings. The lowest BCUT2D eigenvalue weighted by atomic mass is 10.2. The van der Waals surface area contributed by atoms with Crippen molar-refractivity contribution in [3.8, 4) is 0 Å². The minimum Gasteiger partial charge on any atom is -0.367 e. The number of hydrogen-bond donors (Lipinski definition) is 1. The molecular formula is C11H13Br2N3O2. The van der Waals surface area contributed by atoms with Crippen molar-refractivity contribution in [1.29, 1.82) is 0 Å². The maximum Gasteiger partial charge on any atom is 0.247 e. The highest BCUT2D eigenvalue weighted by molar-refractivity contribution is 9.11. The van der Waals surface area contributed by atoms with Gasteiger partial charge in [-0.05, 0) is 37.4 Å². The van der Waals surface area contributed by atoms with Gasteiger partial charge in [-0.15, -0.1) is 0 Å². The number of nitrogens with zero attached hydrogens (tertiary/aromatic N) is 2. The molecule has 0 aliphatic carbocycles. The summed E-state index contributed by atoms with van der Waals surface area (Å²) in [5.74, 6) is -0.410. The van der Waals surface area contributed by atoms with Crippen molar-refractivity contribution < 1.29 is 9.53 Å². The van der Waals surface area contributed by atoms with Gasteiger partial charge in [0.05, 0.1) is 6.61 Å². The van der Waals surface area contributed by atoms with Gasteiger partial charge in [-0.25, -0.2) is 0 Å². The average molecular weight is 379 g/mol. The Kier molecular flexibility index (Phi) is 4.71. The number of rotatable bonds is 3. The molecule has 1 aliphatic heterocycles. The highest BCUT2D eigenvalue weighted by Gasteiger charge is 2.25. The third-order valence-electron chi connectivity index (χ3n) is 2.80. The van der Waals surface area contributed by atoms with E-state index in [2.05, 4.69) is 41.7 Å². The van der Waals surface area contributed by atoms with Crippen LogP contribution in [0.25, 0.3) is 0 Å². The molecule has 5 nitrogen and oxygen atoms in total. The van der Waals surface area contributed by atoms with Crippen molar-refractivity contribution >= 4 is 37.8 Å². The van der Waals surface area contributed by atoms with E-state index in [1.165, 1.54) is 0 Å². The van der Waals surface area contributed by atoms with Crippen LogP contribution in [-0.2, 0) is 16.1 Å². The van der Waals surface area contributed by atoms with Crippen molar-refractivity contribution in [3.05, 3.63) is 26.9 Å². The molecule has 1 aromatic heterocycles. The van der Waals surface area contributed by atoms with Crippen molar-refractivity contribution in [2.45, 2.75) is 12.6 Å². The second kappa shape index (κ2) is 6.10. The first kappa shape index (κ1) is 13.9. The minimum atomic E-state index is -0.516. The topological polar surface area (TPSA) is 68.5 Å². The fourth-order valence-corrected chi connectivity index (χ4v) is 3.01. The summed E-state index contributed by atoms with van der Waals surface area (Å²) in [4.78, 5) is 17.3. The van der Waals surface area contributed by atoms with Crippen LogP contribution in [0.2, 0.25) is 0 Å². The Morgan fingerprint density at radius 1 is 1.50 bits per heavy atom. The van der Waals surface area contributed by atoms with Gasteiger partial charge in [-0.1, -0.05) is 0 Å². The van der Waals surface area contributed by atoms with E-state index < -0.39 is 12.0 Å². The minimum absolute atomic E-state index is 0.410. The first-order valence-corrected chi connectivity index (χ1v) is 7.07. The van der Waals surface area contributed by atoms with Crippen LogP contribution in [-0.4, -0.2) is 41.6 Å². The molecule has 2 heterocycles. The third-order valence-corrected chi connectivity index (χ3v) is 4.17. The van der Waals surface area contributed by atoms with Gasteiger partial charge in [0, 0.05) is 41.0 Å². The van der Waals surface area contributed by atoms with Crippen LogP contribution in [0, 0.1) is 0 Å². The SMILES string of the molecule is NC(=O)[C@@H]1CN(Cc2c(Br)cncc2Br)CCO1. The molecule has 1 atom stereocenters. The Morgan fingerprint density at radius 2 is 2.17 bits per heavy atom. The molecular weight excluding hydrogens is 366 g/mol. The van der Waals surface area contributed by atoms with Crippen LogP contribution >= 0.6 is 31.9 Å². The quantitative estimate of drug-likeness (QED) is 0.860. The summed E-state index contributed by atoms with van der Waals surface area (Å²) in [5, 5.41) is 0. The van der Waals surface area contributed by atoms with Gasteiger partial charge in [-0.2, -0.15) is 0 Å². The molecule has 98 valence electrons. The van der Waals surface area contributed by atoms with Crippen LogP contribution in [0.5, 0.6) is 0 Å². The van der Waals surface area contributed by atoms with Gasteiger partial charge in [-0.3, -0.25) is 14.7 Å². The summed E-state index contributed by atoms with van der Waals surface area (Å²) in [6.45, 7) is 2.55. The first-order chi connectivity index (χ1) is 8.58. The number of carbonyl (C=O) groups excluding carboxylic acids is 1. The number of carbonyl (C=O) groups is 1. The molecule has 1 fully saturated rings. The molecule has 0 aromatic carbocycles. The van der Waals surface area contributed by atoms with E-state index in [0.29, 0.717) is 13.2 Å². The Bertz CT molecular complexity index is 436. The van der Waals surface area contributed by atoms with E-state index in [-0.39, 0.29) is 0 Å². The van der Waals surface area contributed by atoms with Crippen molar-refractivity contribution in [2.75, 3.05) is 19.7 Å². The molecule has 2 rings (SSSR count). The number of hydrogen-bond acceptors (Lipinski definition) is 4. The van der Waals surface area contributed by atoms with Crippen LogP contribution in [0.4, 0.5) is 0 Å². The highest BCUT2D eigenvalue weighted by atomic mass is 79.9. The maximum absolute atomic E-state index is 11.1. The van der Waals surface area contributed by atoms with Crippen LogP contribution in [0.3, 0.4) is 0 Å². The summed E-state index contributed by atoms with van der Waals surface area (Å²) in [6, 6.07) is 0. The van der Waals surface area contributed by atoms with Gasteiger partial charge >= 0.3 is 0 Å². The van der Waals surface area contributed by atoms with E-state index in [1.54, 1.807) is 12.4 Å². The van der Waals surface area contributed by atoms with Crippen LogP contribution < -0.4 is 5.73 Å². The van der Waals surface area contributed by atoms with Crippen molar-refractivity contribution in [2.24, 2.45) is 5.73 Å². The summed E-state index contributed by atoms with van der Waals surface area (Å²) in [5.41, 5.74) is 6.37. The summed E-state index contributed by atoms with van der Waals surface area (Å²) < 4.78 is 7.20. The van der Waals surface area contributed by atoms with Crippen molar-refractivity contribution in [1.82, 2.24) is 9.88 Å². The van der Waals surface area contributed by atoms with Gasteiger partial charge in [0.25, 0.3) is 0 Å². The lowest BCUT2D eigenvalue weighted by Gasteiger charge is -2.31. The van der Waals surface area contributed by atoms with Gasteiger partial charge < -0.3 is 10.5 Å². The molecule has 0 radical (unpaired) electrons. The molecule has 1 saturated heterocycles. The lowest BCUT2D eigenvalue weighted by Crippen LogP contribution is -2.48. The third kappa shape index (κ3) is 3.28. The number of primary amides is 1. The standard InChI is InChI=1S/C11H13Br2N3O2/c12-8-3-15-4-9(13)7(8)5-16-1-2-18-10(6-16)11(14)17/h3-4,10H,1-2,5-6H2,(H2,14,17)/t10-/m0/s1. The zero-order valence-electron chi connectivity index (χ0n) is 9.60. The second-order valence-electron chi connectivity index (χ2n) is 4.08. The molecule has 1 amide bonds. The molecule has 18 heavy (non-hydrogen) atoms. The molecule has 0 saturated carbocycles. The molecule has 2 N–H and O–H groups in total. The van der Waals surface area contributed by atoms with Gasteiger partial charge in [0.1, 0.15) is 6.10 Å². The number of nitrogens with two attached hydrogens (primary N) is 1. The maximum atomic E-state index is 11.1. The summed E-state index contributed by atoms with van der Waals surface area (Å²) >= 11 is 6.95. The fourth-order valence-electron chi connectivity index (χ4n) is 1.83. The fraction of sp³-hybridized carbons (Fsp3) is 0.455. The predicted molar refractivity (Wildman–Crippen MR) is 73.8 cm³/mol. The molecule has 1 aliphatic rings. The normalized spacial score (nSPS) is 20.9. The van der Waals surface area contributed by atoms with Crippen LogP contribution in [0.1, 0.15) is 5.56 Å². The van der Waals surface area contributed by atoms with Crippen molar-refractivity contribution in [3.63, 3.8) is 0 Å². The zero-order valence-corrected chi connectivity index (χ0v) is 12.8. The highest BCUT2D eigenvalue weighted by Crippen LogP contribution is 2.25. The number of morpholine rings is 1. The largest absolute Gasteiger partial charge is 0.367 e. The summed E-state index contributed by atoms with van der Waals surface area (Å²) in [7, 11) is 0. The van der Waals surface area contributed by atoms with E-state index >= 15 is 0 Å².